The van der Waals surface area contributed by atoms with E-state index in [0.717, 1.165) is 19.5 Å². The first-order chi connectivity index (χ1) is 7.72. The third-order valence-electron chi connectivity index (χ3n) is 2.58. The van der Waals surface area contributed by atoms with Crippen molar-refractivity contribution in [2.24, 2.45) is 0 Å². The van der Waals surface area contributed by atoms with Gasteiger partial charge in [0.25, 0.3) is 0 Å². The lowest BCUT2D eigenvalue weighted by molar-refractivity contribution is 0.00804. The minimum atomic E-state index is -0.369. The second kappa shape index (κ2) is 7.46. The van der Waals surface area contributed by atoms with Crippen molar-refractivity contribution in [3.63, 3.8) is 0 Å². The number of piperidine rings is 1. The fourth-order valence-electron chi connectivity index (χ4n) is 1.82. The van der Waals surface area contributed by atoms with Gasteiger partial charge in [-0.15, -0.1) is 0 Å². The second-order valence-corrected chi connectivity index (χ2v) is 4.04. The van der Waals surface area contributed by atoms with Gasteiger partial charge in [-0.1, -0.05) is 0 Å². The zero-order valence-electron chi connectivity index (χ0n) is 10.2. The van der Waals surface area contributed by atoms with Crippen LogP contribution in [0.25, 0.3) is 0 Å². The molecule has 0 bridgehead atoms. The molecule has 16 heavy (non-hydrogen) atoms. The van der Waals surface area contributed by atoms with E-state index in [1.165, 1.54) is 6.42 Å². The molecule has 5 nitrogen and oxygen atoms in total. The fraction of sp³-hybridized carbons (Fsp3) is 0.909. The molecular weight excluding hydrogens is 208 g/mol. The van der Waals surface area contributed by atoms with Gasteiger partial charge in [0.15, 0.2) is 0 Å². The Morgan fingerprint density at radius 2 is 2.38 bits per heavy atom. The molecular formula is C11H22N2O3. The molecule has 1 atom stereocenters. The third kappa shape index (κ3) is 5.32. The zero-order chi connectivity index (χ0) is 11.8. The number of carbonyl (C=O) groups excluding carboxylic acids is 1. The SMILES string of the molecule is CCOC(=O)NCCO[C@H]1CCCN(C)C1. The van der Waals surface area contributed by atoms with E-state index in [-0.39, 0.29) is 6.09 Å². The van der Waals surface area contributed by atoms with Crippen molar-refractivity contribution in [1.82, 2.24) is 10.2 Å². The number of alkyl carbamates (subject to hydrolysis) is 1. The number of amides is 1. The molecule has 0 aromatic carbocycles. The van der Waals surface area contributed by atoms with E-state index >= 15 is 0 Å². The first kappa shape index (κ1) is 13.3. The summed E-state index contributed by atoms with van der Waals surface area (Å²) < 4.78 is 10.4. The average Bonchev–Trinajstić information content (AvgIpc) is 2.25. The molecule has 1 amide bonds. The number of likely N-dealkylation sites (tertiary alicyclic amines) is 1. The maximum atomic E-state index is 10.9. The van der Waals surface area contributed by atoms with Crippen LogP contribution in [0.15, 0.2) is 0 Å². The van der Waals surface area contributed by atoms with Gasteiger partial charge in [0.2, 0.25) is 0 Å². The van der Waals surface area contributed by atoms with Gasteiger partial charge in [-0.2, -0.15) is 0 Å². The summed E-state index contributed by atoms with van der Waals surface area (Å²) in [6.07, 6.45) is 2.24. The van der Waals surface area contributed by atoms with Crippen LogP contribution in [0, 0.1) is 0 Å². The smallest absolute Gasteiger partial charge is 0.407 e. The largest absolute Gasteiger partial charge is 0.450 e. The number of nitrogens with zero attached hydrogens (tertiary/aromatic N) is 1. The molecule has 1 rings (SSSR count). The molecule has 1 aliphatic heterocycles. The molecule has 5 heteroatoms. The van der Waals surface area contributed by atoms with Crippen molar-refractivity contribution < 1.29 is 14.3 Å². The van der Waals surface area contributed by atoms with E-state index in [9.17, 15) is 4.79 Å². The van der Waals surface area contributed by atoms with Gasteiger partial charge in [0.1, 0.15) is 0 Å². The Labute approximate surface area is 97.1 Å². The van der Waals surface area contributed by atoms with Crippen LogP contribution in [0.1, 0.15) is 19.8 Å². The maximum Gasteiger partial charge on any atom is 0.407 e. The topological polar surface area (TPSA) is 50.8 Å². The molecule has 1 heterocycles. The monoisotopic (exact) mass is 230 g/mol. The van der Waals surface area contributed by atoms with Crippen molar-refractivity contribution in [2.75, 3.05) is 39.9 Å². The lowest BCUT2D eigenvalue weighted by Gasteiger charge is -2.29. The van der Waals surface area contributed by atoms with Crippen LogP contribution in [0.3, 0.4) is 0 Å². The Morgan fingerprint density at radius 3 is 3.06 bits per heavy atom. The number of ether oxygens (including phenoxy) is 2. The molecule has 1 fully saturated rings. The van der Waals surface area contributed by atoms with Gasteiger partial charge < -0.3 is 19.7 Å². The Balaban J connectivity index is 2.00. The van der Waals surface area contributed by atoms with Gasteiger partial charge in [-0.05, 0) is 33.4 Å². The van der Waals surface area contributed by atoms with Crippen LogP contribution >= 0.6 is 0 Å². The molecule has 0 unspecified atom stereocenters. The third-order valence-corrected chi connectivity index (χ3v) is 2.58. The molecule has 1 saturated heterocycles. The van der Waals surface area contributed by atoms with Crippen LogP contribution in [0.2, 0.25) is 0 Å². The summed E-state index contributed by atoms with van der Waals surface area (Å²) in [4.78, 5) is 13.2. The fourth-order valence-corrected chi connectivity index (χ4v) is 1.82. The van der Waals surface area contributed by atoms with Crippen molar-refractivity contribution in [1.29, 1.82) is 0 Å². The maximum absolute atomic E-state index is 10.9. The summed E-state index contributed by atoms with van der Waals surface area (Å²) >= 11 is 0. The summed E-state index contributed by atoms with van der Waals surface area (Å²) in [5.41, 5.74) is 0. The molecule has 0 aromatic heterocycles. The van der Waals surface area contributed by atoms with E-state index in [1.54, 1.807) is 6.92 Å². The minimum absolute atomic E-state index is 0.308. The van der Waals surface area contributed by atoms with Crippen LogP contribution < -0.4 is 5.32 Å². The quantitative estimate of drug-likeness (QED) is 0.711. The average molecular weight is 230 g/mol. The second-order valence-electron chi connectivity index (χ2n) is 4.04. The highest BCUT2D eigenvalue weighted by molar-refractivity contribution is 5.66. The normalized spacial score (nSPS) is 21.8. The van der Waals surface area contributed by atoms with Gasteiger partial charge in [-0.3, -0.25) is 0 Å². The number of rotatable bonds is 5. The number of likely N-dealkylation sites (N-methyl/N-ethyl adjacent to an activating group) is 1. The van der Waals surface area contributed by atoms with E-state index in [0.29, 0.717) is 25.9 Å². The molecule has 94 valence electrons. The zero-order valence-corrected chi connectivity index (χ0v) is 10.2. The van der Waals surface area contributed by atoms with E-state index in [4.69, 9.17) is 9.47 Å². The van der Waals surface area contributed by atoms with Gasteiger partial charge in [-0.25, -0.2) is 4.79 Å². The summed E-state index contributed by atoms with van der Waals surface area (Å²) in [5.74, 6) is 0. The number of nitrogens with one attached hydrogen (secondary N) is 1. The van der Waals surface area contributed by atoms with Crippen LogP contribution in [-0.4, -0.2) is 57.0 Å². The van der Waals surface area contributed by atoms with Crippen LogP contribution in [-0.2, 0) is 9.47 Å². The molecule has 0 radical (unpaired) electrons. The summed E-state index contributed by atoms with van der Waals surface area (Å²) in [6.45, 7) is 5.39. The molecule has 0 saturated carbocycles. The van der Waals surface area contributed by atoms with Gasteiger partial charge >= 0.3 is 6.09 Å². The molecule has 0 aliphatic carbocycles. The predicted molar refractivity (Wildman–Crippen MR) is 61.5 cm³/mol. The van der Waals surface area contributed by atoms with Gasteiger partial charge in [0, 0.05) is 13.1 Å². The summed E-state index contributed by atoms with van der Waals surface area (Å²) in [7, 11) is 2.10. The molecule has 1 N–H and O–H groups in total. The van der Waals surface area contributed by atoms with Crippen molar-refractivity contribution >= 4 is 6.09 Å². The van der Waals surface area contributed by atoms with Crippen LogP contribution in [0.5, 0.6) is 0 Å². The van der Waals surface area contributed by atoms with E-state index in [1.807, 2.05) is 0 Å². The molecule has 1 aliphatic rings. The summed E-state index contributed by atoms with van der Waals surface area (Å²) in [6, 6.07) is 0. The molecule has 0 spiro atoms. The first-order valence-electron chi connectivity index (χ1n) is 5.93. The lowest BCUT2D eigenvalue weighted by Crippen LogP contribution is -2.38. The highest BCUT2D eigenvalue weighted by Crippen LogP contribution is 2.10. The minimum Gasteiger partial charge on any atom is -0.450 e. The highest BCUT2D eigenvalue weighted by atomic mass is 16.5. The predicted octanol–water partition coefficient (Wildman–Crippen LogP) is 0.843. The lowest BCUT2D eigenvalue weighted by atomic mass is 10.1. The Bertz CT molecular complexity index is 211. The van der Waals surface area contributed by atoms with Crippen LogP contribution in [0.4, 0.5) is 4.79 Å². The van der Waals surface area contributed by atoms with Gasteiger partial charge in [0.05, 0.1) is 19.3 Å². The van der Waals surface area contributed by atoms with Crippen molar-refractivity contribution in [3.8, 4) is 0 Å². The Hall–Kier alpha value is -0.810. The highest BCUT2D eigenvalue weighted by Gasteiger charge is 2.17. The first-order valence-corrected chi connectivity index (χ1v) is 5.93. The number of hydrogen-bond acceptors (Lipinski definition) is 4. The van der Waals surface area contributed by atoms with Crippen molar-refractivity contribution in [3.05, 3.63) is 0 Å². The summed E-state index contributed by atoms with van der Waals surface area (Å²) in [5, 5.41) is 2.63. The standard InChI is InChI=1S/C11H22N2O3/c1-3-15-11(14)12-6-8-16-10-5-4-7-13(2)9-10/h10H,3-9H2,1-2H3,(H,12,14)/t10-/m0/s1. The Kier molecular flexibility index (Phi) is 6.18. The number of carbonyl (C=O) groups is 1. The van der Waals surface area contributed by atoms with E-state index in [2.05, 4.69) is 17.3 Å². The molecule has 0 aromatic rings. The van der Waals surface area contributed by atoms with E-state index < -0.39 is 0 Å². The number of hydrogen-bond donors (Lipinski definition) is 1. The van der Waals surface area contributed by atoms with Crippen molar-refractivity contribution in [2.45, 2.75) is 25.9 Å². The Morgan fingerprint density at radius 1 is 1.56 bits per heavy atom.